The van der Waals surface area contributed by atoms with E-state index < -0.39 is 0 Å². The molecule has 2 saturated heterocycles. The summed E-state index contributed by atoms with van der Waals surface area (Å²) in [7, 11) is 0. The third-order valence-corrected chi connectivity index (χ3v) is 7.78. The quantitative estimate of drug-likeness (QED) is 0.400. The van der Waals surface area contributed by atoms with E-state index in [0.29, 0.717) is 18.2 Å². The first-order valence-electron chi connectivity index (χ1n) is 12.0. The van der Waals surface area contributed by atoms with Crippen molar-refractivity contribution in [3.8, 4) is 0 Å². The van der Waals surface area contributed by atoms with E-state index in [1.807, 2.05) is 24.3 Å². The van der Waals surface area contributed by atoms with Gasteiger partial charge >= 0.3 is 0 Å². The zero-order valence-corrected chi connectivity index (χ0v) is 20.0. The summed E-state index contributed by atoms with van der Waals surface area (Å²) in [6.07, 6.45) is 4.29. The fourth-order valence-corrected chi connectivity index (χ4v) is 5.73. The van der Waals surface area contributed by atoms with Crippen LogP contribution in [0.1, 0.15) is 48.6 Å². The molecule has 3 aromatic rings. The lowest BCUT2D eigenvalue weighted by molar-refractivity contribution is 0.0931. The number of hydrogen-bond donors (Lipinski definition) is 0. The molecule has 5 nitrogen and oxygen atoms in total. The number of likely N-dealkylation sites (tertiary alicyclic amines) is 1. The maximum atomic E-state index is 14.1. The fraction of sp³-hybridized carbons (Fsp3) is 0.462. The van der Waals surface area contributed by atoms with Crippen molar-refractivity contribution in [2.24, 2.45) is 0 Å². The summed E-state index contributed by atoms with van der Waals surface area (Å²) in [5.41, 5.74) is 1.81. The lowest BCUT2D eigenvalue weighted by Gasteiger charge is -2.32. The highest BCUT2D eigenvalue weighted by atomic mass is 32.2. The molecule has 34 heavy (non-hydrogen) atoms. The molecular weight excluding hydrogens is 454 g/mol. The first-order valence-corrected chi connectivity index (χ1v) is 13.0. The summed E-state index contributed by atoms with van der Waals surface area (Å²) in [5, 5.41) is 10.1. The standard InChI is InChI=1S/C26H30F2N4OS/c27-22-9-7-19(8-10-22)18-34-26-30-29-25(32(26)17-23-5-3-15-33-23)20-11-13-31(14-12-20)16-21-4-1-2-6-24(21)28/h1-2,4,6-10,20,23H,3,5,11-18H2. The van der Waals surface area contributed by atoms with Crippen LogP contribution in [-0.4, -0.2) is 45.5 Å². The summed E-state index contributed by atoms with van der Waals surface area (Å²) in [6.45, 7) is 4.03. The van der Waals surface area contributed by atoms with Crippen LogP contribution in [0.15, 0.2) is 53.7 Å². The predicted molar refractivity (Wildman–Crippen MR) is 129 cm³/mol. The number of benzene rings is 2. The third kappa shape index (κ3) is 5.67. The molecule has 0 spiro atoms. The van der Waals surface area contributed by atoms with Crippen LogP contribution < -0.4 is 0 Å². The van der Waals surface area contributed by atoms with Gasteiger partial charge in [0.1, 0.15) is 17.5 Å². The minimum absolute atomic E-state index is 0.135. The molecule has 3 heterocycles. The maximum Gasteiger partial charge on any atom is 0.191 e. The number of thioether (sulfide) groups is 1. The zero-order chi connectivity index (χ0) is 23.3. The summed E-state index contributed by atoms with van der Waals surface area (Å²) in [6, 6.07) is 13.6. The Hall–Kier alpha value is -2.29. The molecule has 2 aromatic carbocycles. The second kappa shape index (κ2) is 11.0. The first-order chi connectivity index (χ1) is 16.7. The summed E-state index contributed by atoms with van der Waals surface area (Å²) >= 11 is 1.64. The molecule has 1 atom stereocenters. The fourth-order valence-electron chi connectivity index (χ4n) is 4.82. The van der Waals surface area contributed by atoms with Gasteiger partial charge in [0, 0.05) is 30.4 Å². The molecule has 0 bridgehead atoms. The van der Waals surface area contributed by atoms with Crippen molar-refractivity contribution in [1.29, 1.82) is 0 Å². The van der Waals surface area contributed by atoms with E-state index >= 15 is 0 Å². The second-order valence-electron chi connectivity index (χ2n) is 9.14. The minimum Gasteiger partial charge on any atom is -0.376 e. The topological polar surface area (TPSA) is 43.2 Å². The van der Waals surface area contributed by atoms with Crippen molar-refractivity contribution >= 4 is 11.8 Å². The smallest absolute Gasteiger partial charge is 0.191 e. The average Bonchev–Trinajstić information content (AvgIpc) is 3.51. The van der Waals surface area contributed by atoms with E-state index in [9.17, 15) is 8.78 Å². The number of ether oxygens (including phenoxy) is 1. The first kappa shape index (κ1) is 23.5. The zero-order valence-electron chi connectivity index (χ0n) is 19.2. The average molecular weight is 485 g/mol. The predicted octanol–water partition coefficient (Wildman–Crippen LogP) is 5.41. The number of rotatable bonds is 8. The van der Waals surface area contributed by atoms with Gasteiger partial charge in [-0.3, -0.25) is 4.90 Å². The number of piperidine rings is 1. The molecule has 0 N–H and O–H groups in total. The van der Waals surface area contributed by atoms with Gasteiger partial charge in [0.05, 0.1) is 12.6 Å². The summed E-state index contributed by atoms with van der Waals surface area (Å²) in [4.78, 5) is 2.32. The highest BCUT2D eigenvalue weighted by Crippen LogP contribution is 2.32. The van der Waals surface area contributed by atoms with Gasteiger partial charge in [0.15, 0.2) is 5.16 Å². The van der Waals surface area contributed by atoms with Gasteiger partial charge in [0.25, 0.3) is 0 Å². The maximum absolute atomic E-state index is 14.1. The Morgan fingerprint density at radius 1 is 0.971 bits per heavy atom. The van der Waals surface area contributed by atoms with Crippen LogP contribution in [0.4, 0.5) is 8.78 Å². The van der Waals surface area contributed by atoms with Crippen LogP contribution in [0.25, 0.3) is 0 Å². The van der Waals surface area contributed by atoms with Gasteiger partial charge in [-0.2, -0.15) is 0 Å². The van der Waals surface area contributed by atoms with Crippen LogP contribution in [0.5, 0.6) is 0 Å². The Morgan fingerprint density at radius 3 is 2.50 bits per heavy atom. The van der Waals surface area contributed by atoms with E-state index in [4.69, 9.17) is 4.74 Å². The van der Waals surface area contributed by atoms with Crippen molar-refractivity contribution in [2.75, 3.05) is 19.7 Å². The number of hydrogen-bond acceptors (Lipinski definition) is 5. The van der Waals surface area contributed by atoms with E-state index in [-0.39, 0.29) is 17.7 Å². The molecule has 2 fully saturated rings. The van der Waals surface area contributed by atoms with E-state index in [1.165, 1.54) is 18.2 Å². The normalized spacial score (nSPS) is 19.6. The molecule has 0 amide bonds. The highest BCUT2D eigenvalue weighted by Gasteiger charge is 2.28. The van der Waals surface area contributed by atoms with Crippen molar-refractivity contribution in [3.63, 3.8) is 0 Å². The number of halogens is 2. The molecule has 5 rings (SSSR count). The lowest BCUT2D eigenvalue weighted by atomic mass is 9.95. The molecule has 2 aliphatic heterocycles. The molecule has 1 aromatic heterocycles. The Kier molecular flexibility index (Phi) is 7.57. The number of nitrogens with zero attached hydrogens (tertiary/aromatic N) is 4. The largest absolute Gasteiger partial charge is 0.376 e. The van der Waals surface area contributed by atoms with Crippen LogP contribution in [0.3, 0.4) is 0 Å². The molecule has 1 unspecified atom stereocenters. The number of aromatic nitrogens is 3. The molecule has 0 saturated carbocycles. The molecule has 180 valence electrons. The molecule has 2 aliphatic rings. The third-order valence-electron chi connectivity index (χ3n) is 6.74. The highest BCUT2D eigenvalue weighted by molar-refractivity contribution is 7.98. The van der Waals surface area contributed by atoms with Crippen molar-refractivity contribution < 1.29 is 13.5 Å². The Balaban J connectivity index is 1.26. The van der Waals surface area contributed by atoms with Crippen molar-refractivity contribution in [2.45, 2.75) is 61.7 Å². The van der Waals surface area contributed by atoms with E-state index in [0.717, 1.165) is 74.0 Å². The van der Waals surface area contributed by atoms with Gasteiger partial charge in [0.2, 0.25) is 0 Å². The van der Waals surface area contributed by atoms with Gasteiger partial charge in [-0.1, -0.05) is 42.1 Å². The molecule has 8 heteroatoms. The van der Waals surface area contributed by atoms with Gasteiger partial charge in [-0.25, -0.2) is 8.78 Å². The Bertz CT molecular complexity index is 1080. The van der Waals surface area contributed by atoms with Crippen LogP contribution in [0.2, 0.25) is 0 Å². The van der Waals surface area contributed by atoms with Crippen LogP contribution in [-0.2, 0) is 23.6 Å². The van der Waals surface area contributed by atoms with E-state index in [2.05, 4.69) is 19.7 Å². The van der Waals surface area contributed by atoms with Crippen molar-refractivity contribution in [1.82, 2.24) is 19.7 Å². The SMILES string of the molecule is Fc1ccc(CSc2nnc(C3CCN(Cc4ccccc4F)CC3)n2CC2CCCO2)cc1. The Labute approximate surface area is 203 Å². The minimum atomic E-state index is -0.223. The Morgan fingerprint density at radius 2 is 1.76 bits per heavy atom. The summed E-state index contributed by atoms with van der Waals surface area (Å²) in [5.74, 6) is 1.71. The van der Waals surface area contributed by atoms with Crippen LogP contribution in [0, 0.1) is 11.6 Å². The van der Waals surface area contributed by atoms with Gasteiger partial charge < -0.3 is 9.30 Å². The lowest BCUT2D eigenvalue weighted by Crippen LogP contribution is -2.34. The monoisotopic (exact) mass is 484 g/mol. The van der Waals surface area contributed by atoms with E-state index in [1.54, 1.807) is 17.8 Å². The molecule has 0 aliphatic carbocycles. The van der Waals surface area contributed by atoms with Crippen molar-refractivity contribution in [3.05, 3.63) is 77.1 Å². The van der Waals surface area contributed by atoms with Gasteiger partial charge in [-0.15, -0.1) is 10.2 Å². The van der Waals surface area contributed by atoms with Gasteiger partial charge in [-0.05, 0) is 62.5 Å². The molecule has 0 radical (unpaired) electrons. The summed E-state index contributed by atoms with van der Waals surface area (Å²) < 4.78 is 35.5. The van der Waals surface area contributed by atoms with Crippen LogP contribution >= 0.6 is 11.8 Å². The second-order valence-corrected chi connectivity index (χ2v) is 10.1. The molecular formula is C26H30F2N4OS.